The summed E-state index contributed by atoms with van der Waals surface area (Å²) < 4.78 is 6.94. The van der Waals surface area contributed by atoms with Gasteiger partial charge in [0.2, 0.25) is 5.91 Å². The number of aromatic nitrogens is 3. The molecule has 0 aliphatic carbocycles. The van der Waals surface area contributed by atoms with Crippen molar-refractivity contribution in [2.75, 3.05) is 39.4 Å². The van der Waals surface area contributed by atoms with E-state index >= 15 is 0 Å². The molecule has 3 heterocycles. The number of pyridine rings is 1. The van der Waals surface area contributed by atoms with Gasteiger partial charge in [-0.15, -0.1) is 0 Å². The number of para-hydroxylation sites is 1. The van der Waals surface area contributed by atoms with E-state index in [9.17, 15) is 9.59 Å². The zero-order valence-corrected chi connectivity index (χ0v) is 18.2. The Bertz CT molecular complexity index is 1080. The van der Waals surface area contributed by atoms with Crippen LogP contribution in [0, 0.1) is 0 Å². The highest BCUT2D eigenvalue weighted by molar-refractivity contribution is 5.77. The Labute approximate surface area is 187 Å². The molecule has 1 amide bonds. The third-order valence-electron chi connectivity index (χ3n) is 5.78. The predicted molar refractivity (Wildman–Crippen MR) is 122 cm³/mol. The zero-order valence-electron chi connectivity index (χ0n) is 18.2. The second-order valence-electron chi connectivity index (χ2n) is 7.99. The van der Waals surface area contributed by atoms with Crippen LogP contribution in [0.2, 0.25) is 0 Å². The van der Waals surface area contributed by atoms with E-state index in [1.807, 2.05) is 35.2 Å². The van der Waals surface area contributed by atoms with E-state index in [1.54, 1.807) is 18.5 Å². The number of benzene rings is 1. The van der Waals surface area contributed by atoms with Crippen molar-refractivity contribution in [1.29, 1.82) is 0 Å². The minimum absolute atomic E-state index is 0.0313. The second-order valence-corrected chi connectivity index (χ2v) is 7.99. The lowest BCUT2D eigenvalue weighted by Crippen LogP contribution is -2.39. The highest BCUT2D eigenvalue weighted by atomic mass is 16.5. The molecule has 1 aliphatic heterocycles. The number of nitrogens with zero attached hydrogens (tertiary/aromatic N) is 5. The van der Waals surface area contributed by atoms with Crippen molar-refractivity contribution < 1.29 is 9.53 Å². The van der Waals surface area contributed by atoms with Gasteiger partial charge in [0.1, 0.15) is 0 Å². The second kappa shape index (κ2) is 11.0. The van der Waals surface area contributed by atoms with Crippen LogP contribution in [0.4, 0.5) is 0 Å². The van der Waals surface area contributed by atoms with Crippen LogP contribution in [0.15, 0.2) is 59.9 Å². The van der Waals surface area contributed by atoms with Gasteiger partial charge in [0.15, 0.2) is 0 Å². The maximum Gasteiger partial charge on any atom is 0.261 e. The molecule has 8 heteroatoms. The van der Waals surface area contributed by atoms with Crippen molar-refractivity contribution in [2.45, 2.75) is 25.9 Å². The summed E-state index contributed by atoms with van der Waals surface area (Å²) in [6.45, 7) is 5.89. The number of fused-ring (bicyclic) bond motifs is 1. The van der Waals surface area contributed by atoms with Crippen molar-refractivity contribution in [1.82, 2.24) is 24.3 Å². The third-order valence-corrected chi connectivity index (χ3v) is 5.78. The summed E-state index contributed by atoms with van der Waals surface area (Å²) in [6, 6.07) is 11.1. The molecule has 1 fully saturated rings. The van der Waals surface area contributed by atoms with Gasteiger partial charge < -0.3 is 9.64 Å². The van der Waals surface area contributed by atoms with Gasteiger partial charge in [-0.1, -0.05) is 12.1 Å². The van der Waals surface area contributed by atoms with Crippen LogP contribution in [0.5, 0.6) is 0 Å². The number of carbonyl (C=O) groups is 1. The van der Waals surface area contributed by atoms with Crippen LogP contribution in [0.25, 0.3) is 10.9 Å². The number of hydrogen-bond donors (Lipinski definition) is 0. The maximum atomic E-state index is 13.1. The zero-order chi connectivity index (χ0) is 22.2. The van der Waals surface area contributed by atoms with Crippen LogP contribution in [0.1, 0.15) is 18.4 Å². The minimum Gasteiger partial charge on any atom is -0.379 e. The molecule has 0 spiro atoms. The average molecular weight is 436 g/mol. The average Bonchev–Trinajstić information content (AvgIpc) is 2.84. The molecule has 32 heavy (non-hydrogen) atoms. The summed E-state index contributed by atoms with van der Waals surface area (Å²) in [7, 11) is 0. The Morgan fingerprint density at radius 3 is 2.66 bits per heavy atom. The summed E-state index contributed by atoms with van der Waals surface area (Å²) in [4.78, 5) is 38.5. The number of hydrogen-bond acceptors (Lipinski definition) is 6. The third kappa shape index (κ3) is 5.77. The van der Waals surface area contributed by atoms with Crippen LogP contribution < -0.4 is 5.56 Å². The molecule has 0 unspecified atom stereocenters. The van der Waals surface area contributed by atoms with E-state index in [4.69, 9.17) is 4.74 Å². The van der Waals surface area contributed by atoms with Crippen molar-refractivity contribution in [3.05, 3.63) is 71.0 Å². The fourth-order valence-electron chi connectivity index (χ4n) is 3.95. The Morgan fingerprint density at radius 1 is 1.06 bits per heavy atom. The molecule has 1 aromatic carbocycles. The van der Waals surface area contributed by atoms with Crippen molar-refractivity contribution in [3.63, 3.8) is 0 Å². The minimum atomic E-state index is -0.114. The van der Waals surface area contributed by atoms with Crippen LogP contribution in [-0.4, -0.2) is 69.6 Å². The van der Waals surface area contributed by atoms with Crippen LogP contribution in [-0.2, 0) is 22.6 Å². The SMILES string of the molecule is O=C(CCn1cnc2ccccc2c1=O)N(CCCN1CCOCC1)Cc1ccncc1. The highest BCUT2D eigenvalue weighted by Crippen LogP contribution is 2.09. The molecule has 0 radical (unpaired) electrons. The Balaban J connectivity index is 1.39. The lowest BCUT2D eigenvalue weighted by Gasteiger charge is -2.28. The molecular formula is C24H29N5O3. The monoisotopic (exact) mass is 435 g/mol. The first-order valence-electron chi connectivity index (χ1n) is 11.1. The van der Waals surface area contributed by atoms with E-state index in [0.717, 1.165) is 44.8 Å². The number of carbonyl (C=O) groups excluding carboxylic acids is 1. The summed E-state index contributed by atoms with van der Waals surface area (Å²) in [5, 5.41) is 0.571. The lowest BCUT2D eigenvalue weighted by molar-refractivity contribution is -0.132. The molecule has 1 saturated heterocycles. The number of aryl methyl sites for hydroxylation is 1. The predicted octanol–water partition coefficient (Wildman–Crippen LogP) is 1.93. The normalized spacial score (nSPS) is 14.5. The van der Waals surface area contributed by atoms with Gasteiger partial charge in [-0.3, -0.25) is 24.0 Å². The van der Waals surface area contributed by atoms with Crippen molar-refractivity contribution in [3.8, 4) is 0 Å². The van der Waals surface area contributed by atoms with E-state index in [0.29, 0.717) is 30.5 Å². The molecule has 4 rings (SSSR count). The number of ether oxygens (including phenoxy) is 1. The van der Waals surface area contributed by atoms with Gasteiger partial charge in [-0.05, 0) is 36.2 Å². The van der Waals surface area contributed by atoms with Gasteiger partial charge in [0, 0.05) is 58.1 Å². The van der Waals surface area contributed by atoms with Gasteiger partial charge >= 0.3 is 0 Å². The Hall–Kier alpha value is -3.10. The maximum absolute atomic E-state index is 13.1. The number of morpholine rings is 1. The number of rotatable bonds is 9. The quantitative estimate of drug-likeness (QED) is 0.511. The van der Waals surface area contributed by atoms with E-state index in [2.05, 4.69) is 14.9 Å². The molecule has 2 aromatic heterocycles. The molecule has 8 nitrogen and oxygen atoms in total. The molecular weight excluding hydrogens is 406 g/mol. The van der Waals surface area contributed by atoms with Crippen molar-refractivity contribution >= 4 is 16.8 Å². The van der Waals surface area contributed by atoms with Gasteiger partial charge in [0.05, 0.1) is 30.4 Å². The Morgan fingerprint density at radius 2 is 1.84 bits per heavy atom. The lowest BCUT2D eigenvalue weighted by atomic mass is 10.2. The molecule has 0 bridgehead atoms. The smallest absolute Gasteiger partial charge is 0.261 e. The van der Waals surface area contributed by atoms with E-state index in [-0.39, 0.29) is 17.9 Å². The largest absolute Gasteiger partial charge is 0.379 e. The first-order valence-corrected chi connectivity index (χ1v) is 11.1. The van der Waals surface area contributed by atoms with E-state index in [1.165, 1.54) is 10.9 Å². The highest BCUT2D eigenvalue weighted by Gasteiger charge is 2.16. The Kier molecular flexibility index (Phi) is 7.58. The molecule has 0 saturated carbocycles. The summed E-state index contributed by atoms with van der Waals surface area (Å²) in [5.41, 5.74) is 1.60. The fourth-order valence-corrected chi connectivity index (χ4v) is 3.95. The topological polar surface area (TPSA) is 80.6 Å². The van der Waals surface area contributed by atoms with E-state index < -0.39 is 0 Å². The summed E-state index contributed by atoms with van der Waals surface area (Å²) in [6.07, 6.45) is 6.17. The first kappa shape index (κ1) is 22.1. The molecule has 0 N–H and O–H groups in total. The van der Waals surface area contributed by atoms with Crippen LogP contribution in [0.3, 0.4) is 0 Å². The fraction of sp³-hybridized carbons (Fsp3) is 0.417. The molecule has 168 valence electrons. The standard InChI is InChI=1S/C24H29N5O3/c30-23(8-13-29-19-26-22-5-2-1-4-21(22)24(29)31)28(18-20-6-9-25-10-7-20)12-3-11-27-14-16-32-17-15-27/h1-2,4-7,9-10,19H,3,8,11-18H2. The molecule has 0 atom stereocenters. The van der Waals surface area contributed by atoms with Gasteiger partial charge in [-0.2, -0.15) is 0 Å². The first-order chi connectivity index (χ1) is 15.7. The molecule has 3 aromatic rings. The summed E-state index contributed by atoms with van der Waals surface area (Å²) in [5.74, 6) is 0.0313. The van der Waals surface area contributed by atoms with Crippen molar-refractivity contribution in [2.24, 2.45) is 0 Å². The van der Waals surface area contributed by atoms with Gasteiger partial charge in [0.25, 0.3) is 5.56 Å². The van der Waals surface area contributed by atoms with Crippen LogP contribution >= 0.6 is 0 Å². The number of amides is 1. The summed E-state index contributed by atoms with van der Waals surface area (Å²) >= 11 is 0. The molecule has 1 aliphatic rings. The van der Waals surface area contributed by atoms with Gasteiger partial charge in [-0.25, -0.2) is 4.98 Å².